The average Bonchev–Trinajstić information content (AvgIpc) is 3.07. The van der Waals surface area contributed by atoms with Crippen LogP contribution in [0.5, 0.6) is 0 Å². The Bertz CT molecular complexity index is 2080. The van der Waals surface area contributed by atoms with Crippen molar-refractivity contribution in [1.82, 2.24) is 29.9 Å². The zero-order valence-corrected chi connectivity index (χ0v) is 28.1. The van der Waals surface area contributed by atoms with E-state index in [0.717, 1.165) is 6.07 Å². The number of anilines is 7. The number of hydrogen-bond donors (Lipinski definition) is 6. The van der Waals surface area contributed by atoms with Crippen molar-refractivity contribution in [3.8, 4) is 0 Å². The molecule has 0 bridgehead atoms. The second kappa shape index (κ2) is 14.5. The third-order valence-electron chi connectivity index (χ3n) is 7.72. The van der Waals surface area contributed by atoms with Gasteiger partial charge < -0.3 is 41.4 Å². The normalized spacial score (nSPS) is 17.6. The van der Waals surface area contributed by atoms with Gasteiger partial charge in [-0.25, -0.2) is 0 Å². The third kappa shape index (κ3) is 8.58. The molecule has 50 heavy (non-hydrogen) atoms. The number of hydrogen-bond acceptors (Lipinski definition) is 18. The maximum absolute atomic E-state index is 12.4. The Labute approximate surface area is 286 Å². The van der Waals surface area contributed by atoms with Gasteiger partial charge in [-0.2, -0.15) is 46.7 Å². The van der Waals surface area contributed by atoms with Crippen LogP contribution in [0.2, 0.25) is 0 Å². The number of ether oxygens (including phenoxy) is 2. The van der Waals surface area contributed by atoms with Crippen LogP contribution >= 0.6 is 0 Å². The topological polar surface area (TPSA) is 287 Å². The molecular weight excluding hydrogens is 697 g/mol. The number of nitrogens with zero attached hydrogens (tertiary/aromatic N) is 8. The smallest absolute Gasteiger partial charge is 0.295 e. The second-order valence-corrected chi connectivity index (χ2v) is 14.0. The van der Waals surface area contributed by atoms with E-state index in [4.69, 9.17) is 20.9 Å². The fourth-order valence-electron chi connectivity index (χ4n) is 5.34. The van der Waals surface area contributed by atoms with E-state index in [-0.39, 0.29) is 53.5 Å². The van der Waals surface area contributed by atoms with Gasteiger partial charge in [-0.15, -0.1) is 0 Å². The van der Waals surface area contributed by atoms with E-state index in [9.17, 15) is 25.9 Å². The maximum Gasteiger partial charge on any atom is 0.295 e. The van der Waals surface area contributed by atoms with Crippen molar-refractivity contribution in [1.29, 1.82) is 0 Å². The molecule has 20 nitrogen and oxygen atoms in total. The fourth-order valence-corrected chi connectivity index (χ4v) is 6.84. The molecule has 2 fully saturated rings. The molecule has 0 saturated carbocycles. The lowest BCUT2D eigenvalue weighted by Crippen LogP contribution is -2.37. The molecule has 6 rings (SSSR count). The fraction of sp³-hybridized carbons (Fsp3) is 0.357. The van der Waals surface area contributed by atoms with Crippen LogP contribution in [0.1, 0.15) is 18.4 Å². The highest BCUT2D eigenvalue weighted by Gasteiger charge is 2.24. The molecule has 2 aromatic heterocycles. The van der Waals surface area contributed by atoms with E-state index >= 15 is 0 Å². The molecule has 0 radical (unpaired) electrons. The molecule has 1 aromatic carbocycles. The van der Waals surface area contributed by atoms with Gasteiger partial charge in [0.25, 0.3) is 20.2 Å². The first kappa shape index (κ1) is 34.8. The summed E-state index contributed by atoms with van der Waals surface area (Å²) in [6.45, 7) is 4.18. The molecule has 0 unspecified atom stereocenters. The molecule has 2 saturated heterocycles. The van der Waals surface area contributed by atoms with E-state index in [2.05, 4.69) is 40.5 Å². The van der Waals surface area contributed by atoms with Gasteiger partial charge in [-0.05, 0) is 42.2 Å². The summed E-state index contributed by atoms with van der Waals surface area (Å²) in [4.78, 5) is 28.1. The van der Waals surface area contributed by atoms with Crippen molar-refractivity contribution < 1.29 is 35.4 Å². The lowest BCUT2D eigenvalue weighted by Gasteiger charge is -2.27. The number of aromatic nitrogens is 6. The SMILES string of the molecule is Nc1nc(NC2=CC(S(=O)(=O)O)=C(/C=C/c3ccc(Nc4nc(N)nc(N5CCOCC5)n4)cc3S(=O)(=O)O)CC2)nc(N2CCOCC2)n1. The van der Waals surface area contributed by atoms with Gasteiger partial charge in [-0.1, -0.05) is 18.2 Å². The second-order valence-electron chi connectivity index (χ2n) is 11.2. The van der Waals surface area contributed by atoms with Gasteiger partial charge in [0.1, 0.15) is 4.90 Å². The summed E-state index contributed by atoms with van der Waals surface area (Å²) in [7, 11) is -9.51. The first-order chi connectivity index (χ1) is 23.8. The predicted octanol–water partition coefficient (Wildman–Crippen LogP) is 0.829. The van der Waals surface area contributed by atoms with E-state index in [1.807, 2.05) is 9.80 Å². The van der Waals surface area contributed by atoms with Crippen molar-refractivity contribution in [3.05, 3.63) is 52.1 Å². The highest BCUT2D eigenvalue weighted by Crippen LogP contribution is 2.31. The van der Waals surface area contributed by atoms with Crippen molar-refractivity contribution in [3.63, 3.8) is 0 Å². The summed E-state index contributed by atoms with van der Waals surface area (Å²) < 4.78 is 80.6. The number of allylic oxidation sites excluding steroid dienone is 4. The highest BCUT2D eigenvalue weighted by atomic mass is 32.2. The number of morpholine rings is 2. The Balaban J connectivity index is 1.25. The molecule has 0 amide bonds. The number of rotatable bonds is 10. The number of nitrogens with two attached hydrogens (primary N) is 2. The van der Waals surface area contributed by atoms with Crippen LogP contribution in [0.4, 0.5) is 41.4 Å². The molecule has 266 valence electrons. The predicted molar refractivity (Wildman–Crippen MR) is 183 cm³/mol. The molecule has 1 aliphatic carbocycles. The summed E-state index contributed by atoms with van der Waals surface area (Å²) in [5, 5.41) is 5.84. The minimum atomic E-state index is -4.77. The number of nitrogen functional groups attached to an aromatic ring is 2. The zero-order valence-electron chi connectivity index (χ0n) is 26.4. The Hall–Kier alpha value is -5.00. The largest absolute Gasteiger partial charge is 0.378 e. The van der Waals surface area contributed by atoms with Gasteiger partial charge in [0.05, 0.1) is 31.3 Å². The minimum Gasteiger partial charge on any atom is -0.378 e. The van der Waals surface area contributed by atoms with Crippen molar-refractivity contribution >= 4 is 67.7 Å². The summed E-state index contributed by atoms with van der Waals surface area (Å²) in [5.41, 5.74) is 12.6. The molecule has 2 aliphatic heterocycles. The van der Waals surface area contributed by atoms with Gasteiger partial charge in [-0.3, -0.25) is 9.11 Å². The minimum absolute atomic E-state index is 0.0357. The van der Waals surface area contributed by atoms with Crippen LogP contribution in [0.25, 0.3) is 6.08 Å². The van der Waals surface area contributed by atoms with E-state index in [1.165, 1.54) is 30.4 Å². The van der Waals surface area contributed by atoms with Crippen molar-refractivity contribution in [2.24, 2.45) is 0 Å². The average molecular weight is 731 g/mol. The Morgan fingerprint density at radius 1 is 0.720 bits per heavy atom. The lowest BCUT2D eigenvalue weighted by molar-refractivity contribution is 0.122. The van der Waals surface area contributed by atoms with Crippen LogP contribution in [0.15, 0.2) is 51.4 Å². The molecule has 8 N–H and O–H groups in total. The van der Waals surface area contributed by atoms with Crippen LogP contribution in [-0.4, -0.2) is 108 Å². The first-order valence-electron chi connectivity index (χ1n) is 15.3. The van der Waals surface area contributed by atoms with Crippen LogP contribution in [0.3, 0.4) is 0 Å². The van der Waals surface area contributed by atoms with Crippen LogP contribution in [-0.2, 0) is 29.7 Å². The Kier molecular flexibility index (Phi) is 10.1. The number of nitrogens with one attached hydrogen (secondary N) is 2. The first-order valence-corrected chi connectivity index (χ1v) is 18.1. The molecule has 3 aliphatic rings. The monoisotopic (exact) mass is 730 g/mol. The van der Waals surface area contributed by atoms with Gasteiger partial charge in [0.2, 0.25) is 35.7 Å². The quantitative estimate of drug-likeness (QED) is 0.157. The van der Waals surface area contributed by atoms with Gasteiger partial charge in [0.15, 0.2) is 0 Å². The van der Waals surface area contributed by atoms with Crippen LogP contribution < -0.4 is 31.9 Å². The molecule has 4 heterocycles. The summed E-state index contributed by atoms with van der Waals surface area (Å²) in [6, 6.07) is 4.07. The molecule has 22 heteroatoms. The number of benzene rings is 1. The van der Waals surface area contributed by atoms with E-state index in [1.54, 1.807) is 0 Å². The highest BCUT2D eigenvalue weighted by molar-refractivity contribution is 7.90. The van der Waals surface area contributed by atoms with Crippen molar-refractivity contribution in [2.45, 2.75) is 17.7 Å². The Morgan fingerprint density at radius 3 is 1.82 bits per heavy atom. The zero-order chi connectivity index (χ0) is 35.5. The third-order valence-corrected chi connectivity index (χ3v) is 9.56. The molecule has 0 atom stereocenters. The molecular formula is C28H34N12O8S2. The Morgan fingerprint density at radius 2 is 1.28 bits per heavy atom. The molecule has 3 aromatic rings. The maximum atomic E-state index is 12.4. The lowest BCUT2D eigenvalue weighted by atomic mass is 10.0. The van der Waals surface area contributed by atoms with Crippen LogP contribution in [0, 0.1) is 0 Å². The van der Waals surface area contributed by atoms with Crippen molar-refractivity contribution in [2.75, 3.05) is 84.5 Å². The van der Waals surface area contributed by atoms with E-state index < -0.39 is 30.0 Å². The summed E-state index contributed by atoms with van der Waals surface area (Å²) >= 11 is 0. The summed E-state index contributed by atoms with van der Waals surface area (Å²) in [6.07, 6.45) is 4.29. The summed E-state index contributed by atoms with van der Waals surface area (Å²) in [5.74, 6) is 0.678. The standard InChI is InChI=1S/C28H34N12O8S2/c29-23-33-25(37-27(35-23)39-7-11-47-12-8-39)31-19-5-3-17(21(15-19)49(41,42)43)1-2-18-4-6-20(16-22(18)50(44,45)46)32-26-34-24(30)36-28(38-26)40-9-13-48-14-10-40/h1-3,5,15-16H,4,6-14H2,(H,41,42,43)(H,44,45,46)(H3,29,31,33,35,37)(H3,30,32,34,36,38)/b2-1+. The van der Waals surface area contributed by atoms with E-state index in [0.29, 0.717) is 70.2 Å². The molecule has 0 spiro atoms. The van der Waals surface area contributed by atoms with Gasteiger partial charge >= 0.3 is 0 Å². The van der Waals surface area contributed by atoms with Gasteiger partial charge in [0, 0.05) is 37.6 Å².